The summed E-state index contributed by atoms with van der Waals surface area (Å²) in [6, 6.07) is 12.8. The molecule has 0 saturated heterocycles. The zero-order valence-electron chi connectivity index (χ0n) is 16.2. The molecule has 146 valence electrons. The molecule has 1 aliphatic carbocycles. The highest BCUT2D eigenvalue weighted by Crippen LogP contribution is 2.37. The molecule has 0 aliphatic heterocycles. The Morgan fingerprint density at radius 1 is 0.889 bits per heavy atom. The molecule has 2 aromatic carbocycles. The van der Waals surface area contributed by atoms with Crippen LogP contribution in [0.2, 0.25) is 0 Å². The second kappa shape index (κ2) is 9.98. The summed E-state index contributed by atoms with van der Waals surface area (Å²) in [4.78, 5) is 0. The lowest BCUT2D eigenvalue weighted by molar-refractivity contribution is 0.124. The van der Waals surface area contributed by atoms with Crippen molar-refractivity contribution in [3.8, 4) is 0 Å². The van der Waals surface area contributed by atoms with E-state index < -0.39 is 11.6 Å². The van der Waals surface area contributed by atoms with E-state index in [1.165, 1.54) is 56.2 Å². The van der Waals surface area contributed by atoms with Crippen LogP contribution in [0.3, 0.4) is 0 Å². The van der Waals surface area contributed by atoms with Crippen molar-refractivity contribution in [2.45, 2.75) is 64.4 Å². The van der Waals surface area contributed by atoms with Crippen LogP contribution in [0.1, 0.15) is 68.1 Å². The Bertz CT molecular complexity index is 703. The van der Waals surface area contributed by atoms with Crippen LogP contribution < -0.4 is 0 Å². The number of hydrogen-bond acceptors (Lipinski definition) is 1. The highest BCUT2D eigenvalue weighted by atomic mass is 19.2. The van der Waals surface area contributed by atoms with Crippen molar-refractivity contribution < 1.29 is 13.5 Å². The van der Waals surface area contributed by atoms with Gasteiger partial charge in [-0.1, -0.05) is 50.1 Å². The largest absolute Gasteiger partial charge is 0.376 e. The molecule has 1 aliphatic rings. The van der Waals surface area contributed by atoms with Gasteiger partial charge in [-0.2, -0.15) is 0 Å². The van der Waals surface area contributed by atoms with Gasteiger partial charge >= 0.3 is 0 Å². The van der Waals surface area contributed by atoms with Crippen LogP contribution in [0.15, 0.2) is 42.5 Å². The topological polar surface area (TPSA) is 9.23 Å². The third kappa shape index (κ3) is 5.87. The van der Waals surface area contributed by atoms with Crippen LogP contribution in [0, 0.1) is 17.6 Å². The van der Waals surface area contributed by atoms with Gasteiger partial charge in [0.05, 0.1) is 13.2 Å². The minimum Gasteiger partial charge on any atom is -0.376 e. The van der Waals surface area contributed by atoms with E-state index in [0.717, 1.165) is 17.0 Å². The molecule has 3 rings (SSSR count). The van der Waals surface area contributed by atoms with Gasteiger partial charge in [-0.15, -0.1) is 0 Å². The number of ether oxygens (including phenoxy) is 1. The number of hydrogen-bond donors (Lipinski definition) is 0. The van der Waals surface area contributed by atoms with Gasteiger partial charge < -0.3 is 4.74 Å². The van der Waals surface area contributed by atoms with Gasteiger partial charge in [-0.05, 0) is 72.8 Å². The maximum Gasteiger partial charge on any atom is 0.159 e. The Labute approximate surface area is 161 Å². The molecule has 1 nitrogen and oxygen atoms in total. The van der Waals surface area contributed by atoms with E-state index in [0.29, 0.717) is 25.6 Å². The van der Waals surface area contributed by atoms with Crippen LogP contribution >= 0.6 is 0 Å². The zero-order valence-corrected chi connectivity index (χ0v) is 16.2. The summed E-state index contributed by atoms with van der Waals surface area (Å²) in [7, 11) is 0. The van der Waals surface area contributed by atoms with Crippen LogP contribution in [0.5, 0.6) is 0 Å². The van der Waals surface area contributed by atoms with Crippen molar-refractivity contribution in [1.82, 2.24) is 0 Å². The summed E-state index contributed by atoms with van der Waals surface area (Å²) in [6.07, 6.45) is 8.63. The van der Waals surface area contributed by atoms with Gasteiger partial charge in [0.2, 0.25) is 0 Å². The normalized spacial score (nSPS) is 20.0. The van der Waals surface area contributed by atoms with E-state index in [-0.39, 0.29) is 0 Å². The lowest BCUT2D eigenvalue weighted by Crippen LogP contribution is -2.13. The first-order chi connectivity index (χ1) is 13.2. The zero-order chi connectivity index (χ0) is 19.1. The van der Waals surface area contributed by atoms with Crippen molar-refractivity contribution in [3.63, 3.8) is 0 Å². The lowest BCUT2D eigenvalue weighted by atomic mass is 9.77. The number of halogens is 2. The SMILES string of the molecule is CCCC1CCC(c2ccc(COCCc3ccc(F)c(F)c3)cc2)CC1. The van der Waals surface area contributed by atoms with Crippen LogP contribution in [0.4, 0.5) is 8.78 Å². The molecule has 0 heterocycles. The highest BCUT2D eigenvalue weighted by molar-refractivity contribution is 5.25. The molecule has 1 fully saturated rings. The Morgan fingerprint density at radius 3 is 2.26 bits per heavy atom. The fraction of sp³-hybridized carbons (Fsp3) is 0.500. The average molecular weight is 372 g/mol. The van der Waals surface area contributed by atoms with Crippen molar-refractivity contribution >= 4 is 0 Å². The highest BCUT2D eigenvalue weighted by Gasteiger charge is 2.21. The van der Waals surface area contributed by atoms with Crippen LogP contribution in [0.25, 0.3) is 0 Å². The minimum absolute atomic E-state index is 0.494. The van der Waals surface area contributed by atoms with E-state index >= 15 is 0 Å². The second-order valence-corrected chi connectivity index (χ2v) is 7.80. The third-order valence-corrected chi connectivity index (χ3v) is 5.78. The summed E-state index contributed by atoms with van der Waals surface area (Å²) >= 11 is 0. The summed E-state index contributed by atoms with van der Waals surface area (Å²) in [5.74, 6) is 0.0420. The molecule has 0 amide bonds. The molecular weight excluding hydrogens is 342 g/mol. The summed E-state index contributed by atoms with van der Waals surface area (Å²) in [5, 5.41) is 0. The third-order valence-electron chi connectivity index (χ3n) is 5.78. The van der Waals surface area contributed by atoms with Crippen molar-refractivity contribution in [2.24, 2.45) is 5.92 Å². The molecule has 0 radical (unpaired) electrons. The maximum atomic E-state index is 13.2. The Morgan fingerprint density at radius 2 is 1.59 bits per heavy atom. The quantitative estimate of drug-likeness (QED) is 0.463. The predicted octanol–water partition coefficient (Wildman–Crippen LogP) is 6.80. The van der Waals surface area contributed by atoms with Gasteiger partial charge in [0.25, 0.3) is 0 Å². The van der Waals surface area contributed by atoms with Crippen molar-refractivity contribution in [1.29, 1.82) is 0 Å². The summed E-state index contributed by atoms with van der Waals surface area (Å²) in [5.41, 5.74) is 3.36. The molecule has 0 atom stereocenters. The van der Waals surface area contributed by atoms with E-state index in [9.17, 15) is 8.78 Å². The Kier molecular flexibility index (Phi) is 7.40. The van der Waals surface area contributed by atoms with Crippen LogP contribution in [-0.2, 0) is 17.8 Å². The summed E-state index contributed by atoms with van der Waals surface area (Å²) in [6.45, 7) is 3.33. The summed E-state index contributed by atoms with van der Waals surface area (Å²) < 4.78 is 31.8. The first-order valence-corrected chi connectivity index (χ1v) is 10.3. The minimum atomic E-state index is -0.807. The van der Waals surface area contributed by atoms with Crippen LogP contribution in [-0.4, -0.2) is 6.61 Å². The predicted molar refractivity (Wildman–Crippen MR) is 106 cm³/mol. The molecule has 1 saturated carbocycles. The molecular formula is C24H30F2O. The fourth-order valence-corrected chi connectivity index (χ4v) is 4.15. The van der Waals surface area contributed by atoms with Gasteiger partial charge in [0.15, 0.2) is 11.6 Å². The molecule has 27 heavy (non-hydrogen) atoms. The molecule has 3 heteroatoms. The molecule has 0 bridgehead atoms. The molecule has 2 aromatic rings. The monoisotopic (exact) mass is 372 g/mol. The van der Waals surface area contributed by atoms with Gasteiger partial charge in [-0.3, -0.25) is 0 Å². The van der Waals surface area contributed by atoms with E-state index in [4.69, 9.17) is 4.74 Å². The smallest absolute Gasteiger partial charge is 0.159 e. The Balaban J connectivity index is 1.41. The molecule has 0 unspecified atom stereocenters. The number of rotatable bonds is 8. The van der Waals surface area contributed by atoms with Crippen molar-refractivity contribution in [3.05, 3.63) is 70.8 Å². The fourth-order valence-electron chi connectivity index (χ4n) is 4.15. The first kappa shape index (κ1) is 20.0. The van der Waals surface area contributed by atoms with E-state index in [2.05, 4.69) is 31.2 Å². The van der Waals surface area contributed by atoms with Gasteiger partial charge in [-0.25, -0.2) is 8.78 Å². The van der Waals surface area contributed by atoms with Crippen molar-refractivity contribution in [2.75, 3.05) is 6.61 Å². The van der Waals surface area contributed by atoms with E-state index in [1.54, 1.807) is 6.07 Å². The lowest BCUT2D eigenvalue weighted by Gasteiger charge is -2.28. The first-order valence-electron chi connectivity index (χ1n) is 10.3. The second-order valence-electron chi connectivity index (χ2n) is 7.80. The standard InChI is InChI=1S/C24H30F2O/c1-2-3-18-4-9-21(10-5-18)22-11-6-20(7-12-22)17-27-15-14-19-8-13-23(25)24(26)16-19/h6-8,11-13,16,18,21H,2-5,9-10,14-15,17H2,1H3. The van der Waals surface area contributed by atoms with Gasteiger partial charge in [0.1, 0.15) is 0 Å². The molecule has 0 aromatic heterocycles. The number of benzene rings is 2. The maximum absolute atomic E-state index is 13.2. The van der Waals surface area contributed by atoms with Gasteiger partial charge in [0, 0.05) is 0 Å². The molecule has 0 spiro atoms. The molecule has 0 N–H and O–H groups in total. The van der Waals surface area contributed by atoms with E-state index in [1.807, 2.05) is 0 Å². The Hall–Kier alpha value is -1.74. The average Bonchev–Trinajstić information content (AvgIpc) is 2.69.